The number of aliphatic imine (C=N–C) groups is 1. The normalized spacial score (nSPS) is 14.5. The second-order valence-electron chi connectivity index (χ2n) is 7.66. The summed E-state index contributed by atoms with van der Waals surface area (Å²) < 4.78 is 5.12. The molecule has 0 spiro atoms. The summed E-state index contributed by atoms with van der Waals surface area (Å²) in [5, 5.41) is 0. The molecule has 2 aromatic carbocycles. The maximum Gasteiger partial charge on any atom is 0.348 e. The molecule has 2 heterocycles. The molecule has 2 N–H and O–H groups in total. The number of carbonyl (C=O) groups is 2. The molecule has 3 aromatic rings. The monoisotopic (exact) mass is 433 g/mol. The van der Waals surface area contributed by atoms with Crippen molar-refractivity contribution in [2.24, 2.45) is 4.99 Å². The molecule has 4 rings (SSSR count). The van der Waals surface area contributed by atoms with Gasteiger partial charge in [-0.2, -0.15) is 0 Å². The molecule has 0 unspecified atom stereocenters. The molecule has 1 aromatic heterocycles. The Morgan fingerprint density at radius 3 is 2.48 bits per heavy atom. The SMILES string of the molecule is CCOC(=O)c1ccc(C2=Nc3ccccc3N(C(=O)c3ccc(N)cc3)C2(C)C)s1. The number of esters is 1. The van der Waals surface area contributed by atoms with E-state index in [1.165, 1.54) is 11.3 Å². The van der Waals surface area contributed by atoms with E-state index in [4.69, 9.17) is 15.5 Å². The third-order valence-corrected chi connectivity index (χ3v) is 6.24. The molecule has 1 aliphatic heterocycles. The van der Waals surface area contributed by atoms with Gasteiger partial charge in [0, 0.05) is 11.3 Å². The van der Waals surface area contributed by atoms with Crippen LogP contribution in [0.4, 0.5) is 17.1 Å². The van der Waals surface area contributed by atoms with E-state index in [9.17, 15) is 9.59 Å². The van der Waals surface area contributed by atoms with Gasteiger partial charge >= 0.3 is 5.97 Å². The van der Waals surface area contributed by atoms with Gasteiger partial charge in [-0.25, -0.2) is 9.79 Å². The number of hydrogen-bond donors (Lipinski definition) is 1. The molecule has 7 heteroatoms. The van der Waals surface area contributed by atoms with Crippen LogP contribution in [0.3, 0.4) is 0 Å². The molecule has 0 fully saturated rings. The van der Waals surface area contributed by atoms with Crippen LogP contribution in [0.1, 0.15) is 45.7 Å². The highest BCUT2D eigenvalue weighted by molar-refractivity contribution is 7.16. The molecule has 6 nitrogen and oxygen atoms in total. The smallest absolute Gasteiger partial charge is 0.348 e. The number of fused-ring (bicyclic) bond motifs is 1. The first-order valence-corrected chi connectivity index (χ1v) is 10.8. The molecule has 1 aliphatic rings. The zero-order chi connectivity index (χ0) is 22.2. The van der Waals surface area contributed by atoms with Gasteiger partial charge in [-0.1, -0.05) is 12.1 Å². The summed E-state index contributed by atoms with van der Waals surface area (Å²) in [5.74, 6) is -0.504. The van der Waals surface area contributed by atoms with Gasteiger partial charge in [-0.3, -0.25) is 9.69 Å². The maximum absolute atomic E-state index is 13.6. The van der Waals surface area contributed by atoms with Crippen LogP contribution < -0.4 is 10.6 Å². The van der Waals surface area contributed by atoms with Crippen molar-refractivity contribution in [2.45, 2.75) is 26.3 Å². The molecule has 31 heavy (non-hydrogen) atoms. The van der Waals surface area contributed by atoms with Gasteiger partial charge in [-0.05, 0) is 69.3 Å². The quantitative estimate of drug-likeness (QED) is 0.460. The minimum Gasteiger partial charge on any atom is -0.462 e. The van der Waals surface area contributed by atoms with Crippen molar-refractivity contribution in [1.82, 2.24) is 0 Å². The number of rotatable bonds is 4. The third-order valence-electron chi connectivity index (χ3n) is 5.17. The average molecular weight is 434 g/mol. The number of anilines is 2. The highest BCUT2D eigenvalue weighted by Gasteiger charge is 2.42. The summed E-state index contributed by atoms with van der Waals surface area (Å²) in [6, 6.07) is 18.0. The Kier molecular flexibility index (Phi) is 5.37. The fourth-order valence-electron chi connectivity index (χ4n) is 3.66. The average Bonchev–Trinajstić information content (AvgIpc) is 3.23. The molecular weight excluding hydrogens is 410 g/mol. The topological polar surface area (TPSA) is 85.0 Å². The van der Waals surface area contributed by atoms with Crippen LogP contribution in [0.5, 0.6) is 0 Å². The van der Waals surface area contributed by atoms with Crippen molar-refractivity contribution in [2.75, 3.05) is 17.2 Å². The maximum atomic E-state index is 13.6. The van der Waals surface area contributed by atoms with Crippen LogP contribution in [0.2, 0.25) is 0 Å². The Bertz CT molecular complexity index is 1180. The number of thiophene rings is 1. The summed E-state index contributed by atoms with van der Waals surface area (Å²) >= 11 is 1.32. The number of para-hydroxylation sites is 2. The number of ether oxygens (including phenoxy) is 1. The van der Waals surface area contributed by atoms with E-state index in [0.29, 0.717) is 28.4 Å². The molecule has 0 atom stereocenters. The van der Waals surface area contributed by atoms with Gasteiger partial charge in [0.05, 0.1) is 34.1 Å². The number of nitrogens with zero attached hydrogens (tertiary/aromatic N) is 2. The zero-order valence-corrected chi connectivity index (χ0v) is 18.4. The third kappa shape index (κ3) is 3.72. The number of nitrogens with two attached hydrogens (primary N) is 1. The molecule has 1 amide bonds. The minimum absolute atomic E-state index is 0.146. The fourth-order valence-corrected chi connectivity index (χ4v) is 4.71. The van der Waals surface area contributed by atoms with Crippen molar-refractivity contribution in [3.05, 3.63) is 76.0 Å². The lowest BCUT2D eigenvalue weighted by Crippen LogP contribution is -2.55. The summed E-state index contributed by atoms with van der Waals surface area (Å²) in [6.07, 6.45) is 0. The van der Waals surface area contributed by atoms with Crippen LogP contribution in [-0.2, 0) is 4.74 Å². The van der Waals surface area contributed by atoms with Crippen LogP contribution in [0, 0.1) is 0 Å². The van der Waals surface area contributed by atoms with Crippen LogP contribution in [-0.4, -0.2) is 29.7 Å². The lowest BCUT2D eigenvalue weighted by Gasteiger charge is -2.42. The lowest BCUT2D eigenvalue weighted by molar-refractivity contribution is 0.0532. The predicted molar refractivity (Wildman–Crippen MR) is 125 cm³/mol. The molecule has 0 saturated carbocycles. The van der Waals surface area contributed by atoms with Crippen LogP contribution >= 0.6 is 11.3 Å². The molecule has 0 bridgehead atoms. The molecule has 0 saturated heterocycles. The number of nitrogen functional groups attached to an aromatic ring is 1. The van der Waals surface area contributed by atoms with Gasteiger partial charge in [0.2, 0.25) is 0 Å². The second-order valence-corrected chi connectivity index (χ2v) is 8.74. The summed E-state index contributed by atoms with van der Waals surface area (Å²) in [7, 11) is 0. The number of carbonyl (C=O) groups excluding carboxylic acids is 2. The lowest BCUT2D eigenvalue weighted by atomic mass is 9.90. The Hall–Kier alpha value is -3.45. The van der Waals surface area contributed by atoms with Gasteiger partial charge in [0.1, 0.15) is 4.88 Å². The van der Waals surface area contributed by atoms with Gasteiger partial charge in [0.25, 0.3) is 5.91 Å². The van der Waals surface area contributed by atoms with Crippen molar-refractivity contribution < 1.29 is 14.3 Å². The minimum atomic E-state index is -0.760. The van der Waals surface area contributed by atoms with Gasteiger partial charge in [-0.15, -0.1) is 11.3 Å². The predicted octanol–water partition coefficient (Wildman–Crippen LogP) is 5.07. The second kappa shape index (κ2) is 8.00. The number of hydrogen-bond acceptors (Lipinski definition) is 6. The molecular formula is C24H23N3O3S. The highest BCUT2D eigenvalue weighted by Crippen LogP contribution is 2.42. The zero-order valence-electron chi connectivity index (χ0n) is 17.6. The summed E-state index contributed by atoms with van der Waals surface area (Å²) in [6.45, 7) is 6.01. The van der Waals surface area contributed by atoms with E-state index in [1.54, 1.807) is 42.2 Å². The molecule has 158 valence electrons. The Morgan fingerprint density at radius 1 is 1.06 bits per heavy atom. The van der Waals surface area contributed by atoms with Crippen LogP contribution in [0.15, 0.2) is 65.7 Å². The van der Waals surface area contributed by atoms with Crippen molar-refractivity contribution in [1.29, 1.82) is 0 Å². The number of amides is 1. The van der Waals surface area contributed by atoms with E-state index in [-0.39, 0.29) is 11.9 Å². The first-order valence-electron chi connectivity index (χ1n) is 9.98. The van der Waals surface area contributed by atoms with Gasteiger partial charge in [0.15, 0.2) is 0 Å². The first-order chi connectivity index (χ1) is 14.8. The standard InChI is InChI=1S/C24H23N3O3S/c1-4-30-23(29)20-14-13-19(31-20)21-24(2,3)27(18-8-6-5-7-17(18)26-21)22(28)15-9-11-16(25)12-10-15/h5-14H,4,25H2,1-3H3. The summed E-state index contributed by atoms with van der Waals surface area (Å²) in [4.78, 5) is 33.8. The molecule has 0 radical (unpaired) electrons. The Morgan fingerprint density at radius 2 is 1.77 bits per heavy atom. The van der Waals surface area contributed by atoms with Crippen molar-refractivity contribution in [3.63, 3.8) is 0 Å². The Labute approximate surface area is 185 Å². The Balaban J connectivity index is 1.81. The summed E-state index contributed by atoms with van der Waals surface area (Å²) in [5.41, 5.74) is 8.33. The van der Waals surface area contributed by atoms with E-state index in [2.05, 4.69) is 0 Å². The van der Waals surface area contributed by atoms with Gasteiger partial charge < -0.3 is 10.5 Å². The fraction of sp³-hybridized carbons (Fsp3) is 0.208. The van der Waals surface area contributed by atoms with E-state index in [0.717, 1.165) is 16.3 Å². The number of benzene rings is 2. The largest absolute Gasteiger partial charge is 0.462 e. The van der Waals surface area contributed by atoms with Crippen molar-refractivity contribution >= 4 is 46.0 Å². The molecule has 0 aliphatic carbocycles. The van der Waals surface area contributed by atoms with Crippen LogP contribution in [0.25, 0.3) is 0 Å². The van der Waals surface area contributed by atoms with E-state index >= 15 is 0 Å². The van der Waals surface area contributed by atoms with E-state index in [1.807, 2.05) is 44.2 Å². The first kappa shape index (κ1) is 20.8. The van der Waals surface area contributed by atoms with E-state index < -0.39 is 5.54 Å². The van der Waals surface area contributed by atoms with Crippen molar-refractivity contribution in [3.8, 4) is 0 Å². The highest BCUT2D eigenvalue weighted by atomic mass is 32.1.